The van der Waals surface area contributed by atoms with Crippen molar-refractivity contribution in [3.05, 3.63) is 18.3 Å². The lowest BCUT2D eigenvalue weighted by Crippen LogP contribution is -2.38. The van der Waals surface area contributed by atoms with Crippen molar-refractivity contribution in [1.82, 2.24) is 9.88 Å². The predicted octanol–water partition coefficient (Wildman–Crippen LogP) is 0.448. The fourth-order valence-corrected chi connectivity index (χ4v) is 1.78. The Morgan fingerprint density at radius 2 is 2.28 bits per heavy atom. The molecular weight excluding hydrogens is 234 g/mol. The van der Waals surface area contributed by atoms with Crippen molar-refractivity contribution in [3.63, 3.8) is 0 Å². The minimum Gasteiger partial charge on any atom is -0.508 e. The van der Waals surface area contributed by atoms with Crippen LogP contribution in [-0.2, 0) is 9.53 Å². The average Bonchev–Trinajstić information content (AvgIpc) is 2.38. The summed E-state index contributed by atoms with van der Waals surface area (Å²) in [5, 5.41) is 11.9. The standard InChI is InChI=1S/C12H17N3O3/c16-10-1-3-13-11(9-10)14-12(17)2-4-15-5-7-18-8-6-15/h1,3,9H,2,4-8H2,(H2,13,14,16,17). The smallest absolute Gasteiger partial charge is 0.226 e. The number of aromatic hydroxyl groups is 1. The maximum Gasteiger partial charge on any atom is 0.226 e. The van der Waals surface area contributed by atoms with Gasteiger partial charge >= 0.3 is 0 Å². The van der Waals surface area contributed by atoms with Crippen molar-refractivity contribution in [3.8, 4) is 5.75 Å². The van der Waals surface area contributed by atoms with Crippen LogP contribution in [0.3, 0.4) is 0 Å². The highest BCUT2D eigenvalue weighted by Gasteiger charge is 2.12. The molecule has 0 aliphatic carbocycles. The zero-order valence-corrected chi connectivity index (χ0v) is 10.1. The second-order valence-corrected chi connectivity index (χ2v) is 4.15. The molecule has 1 aromatic rings. The van der Waals surface area contributed by atoms with Gasteiger partial charge in [-0.2, -0.15) is 0 Å². The number of anilines is 1. The number of amides is 1. The third-order valence-electron chi connectivity index (χ3n) is 2.77. The number of rotatable bonds is 4. The van der Waals surface area contributed by atoms with E-state index in [-0.39, 0.29) is 11.7 Å². The minimum atomic E-state index is -0.0976. The van der Waals surface area contributed by atoms with Crippen LogP contribution < -0.4 is 5.32 Å². The van der Waals surface area contributed by atoms with Gasteiger partial charge in [0.2, 0.25) is 5.91 Å². The van der Waals surface area contributed by atoms with E-state index in [9.17, 15) is 9.90 Å². The van der Waals surface area contributed by atoms with Gasteiger partial charge in [0.05, 0.1) is 13.2 Å². The minimum absolute atomic E-state index is 0.0912. The van der Waals surface area contributed by atoms with E-state index < -0.39 is 0 Å². The van der Waals surface area contributed by atoms with E-state index in [0.29, 0.717) is 18.8 Å². The van der Waals surface area contributed by atoms with Gasteiger partial charge in [0.15, 0.2) is 0 Å². The monoisotopic (exact) mass is 251 g/mol. The van der Waals surface area contributed by atoms with Gasteiger partial charge in [0.1, 0.15) is 11.6 Å². The summed E-state index contributed by atoms with van der Waals surface area (Å²) >= 11 is 0. The number of hydrogen-bond acceptors (Lipinski definition) is 5. The Morgan fingerprint density at radius 3 is 3.00 bits per heavy atom. The van der Waals surface area contributed by atoms with E-state index in [0.717, 1.165) is 26.3 Å². The Labute approximate surface area is 106 Å². The van der Waals surface area contributed by atoms with Crippen LogP contribution in [0.2, 0.25) is 0 Å². The van der Waals surface area contributed by atoms with E-state index in [1.54, 1.807) is 0 Å². The SMILES string of the molecule is O=C(CCN1CCOCC1)Nc1cc(O)ccn1. The fourth-order valence-electron chi connectivity index (χ4n) is 1.78. The highest BCUT2D eigenvalue weighted by Crippen LogP contribution is 2.12. The lowest BCUT2D eigenvalue weighted by molar-refractivity contribution is -0.116. The molecule has 0 aromatic carbocycles. The summed E-state index contributed by atoms with van der Waals surface area (Å²) in [5.41, 5.74) is 0. The number of nitrogens with zero attached hydrogens (tertiary/aromatic N) is 2. The molecule has 2 rings (SSSR count). The Bertz CT molecular complexity index is 405. The quantitative estimate of drug-likeness (QED) is 0.812. The zero-order valence-electron chi connectivity index (χ0n) is 10.1. The van der Waals surface area contributed by atoms with E-state index in [1.165, 1.54) is 18.3 Å². The van der Waals surface area contributed by atoms with Crippen LogP contribution in [0.1, 0.15) is 6.42 Å². The third kappa shape index (κ3) is 3.97. The first kappa shape index (κ1) is 12.8. The van der Waals surface area contributed by atoms with Crippen molar-refractivity contribution in [1.29, 1.82) is 0 Å². The number of hydrogen-bond donors (Lipinski definition) is 2. The van der Waals surface area contributed by atoms with Gasteiger partial charge in [-0.3, -0.25) is 9.69 Å². The molecule has 1 amide bonds. The van der Waals surface area contributed by atoms with Gasteiger partial charge in [-0.25, -0.2) is 4.98 Å². The first-order valence-electron chi connectivity index (χ1n) is 5.99. The molecule has 0 unspecified atom stereocenters. The Balaban J connectivity index is 1.74. The van der Waals surface area contributed by atoms with Crippen LogP contribution in [0.4, 0.5) is 5.82 Å². The number of carbonyl (C=O) groups is 1. The number of carbonyl (C=O) groups excluding carboxylic acids is 1. The van der Waals surface area contributed by atoms with Crippen LogP contribution in [-0.4, -0.2) is 53.7 Å². The topological polar surface area (TPSA) is 74.7 Å². The lowest BCUT2D eigenvalue weighted by Gasteiger charge is -2.26. The maximum atomic E-state index is 11.7. The van der Waals surface area contributed by atoms with Gasteiger partial charge in [-0.1, -0.05) is 0 Å². The van der Waals surface area contributed by atoms with Crippen LogP contribution in [0.15, 0.2) is 18.3 Å². The fraction of sp³-hybridized carbons (Fsp3) is 0.500. The molecule has 0 atom stereocenters. The molecule has 2 N–H and O–H groups in total. The molecule has 1 saturated heterocycles. The molecule has 1 aliphatic rings. The molecule has 0 spiro atoms. The maximum absolute atomic E-state index is 11.7. The second kappa shape index (κ2) is 6.32. The number of ether oxygens (including phenoxy) is 1. The summed E-state index contributed by atoms with van der Waals surface area (Å²) in [7, 11) is 0. The first-order chi connectivity index (χ1) is 8.74. The average molecular weight is 251 g/mol. The van der Waals surface area contributed by atoms with Gasteiger partial charge in [-0.05, 0) is 6.07 Å². The number of pyridine rings is 1. The van der Waals surface area contributed by atoms with Crippen LogP contribution >= 0.6 is 0 Å². The molecule has 1 aliphatic heterocycles. The van der Waals surface area contributed by atoms with E-state index >= 15 is 0 Å². The van der Waals surface area contributed by atoms with E-state index in [1.807, 2.05) is 0 Å². The Kier molecular flexibility index (Phi) is 4.49. The Morgan fingerprint density at radius 1 is 1.50 bits per heavy atom. The molecule has 6 heteroatoms. The highest BCUT2D eigenvalue weighted by atomic mass is 16.5. The largest absolute Gasteiger partial charge is 0.508 e. The number of nitrogens with one attached hydrogen (secondary N) is 1. The molecule has 0 bridgehead atoms. The van der Waals surface area contributed by atoms with Crippen molar-refractivity contribution in [2.45, 2.75) is 6.42 Å². The van der Waals surface area contributed by atoms with E-state index in [4.69, 9.17) is 4.74 Å². The Hall–Kier alpha value is -1.66. The summed E-state index contributed by atoms with van der Waals surface area (Å²) < 4.78 is 5.24. The molecule has 6 nitrogen and oxygen atoms in total. The van der Waals surface area contributed by atoms with Gasteiger partial charge in [0.25, 0.3) is 0 Å². The second-order valence-electron chi connectivity index (χ2n) is 4.15. The van der Waals surface area contributed by atoms with Gasteiger partial charge in [0, 0.05) is 38.3 Å². The van der Waals surface area contributed by atoms with E-state index in [2.05, 4.69) is 15.2 Å². The molecule has 1 aromatic heterocycles. The summed E-state index contributed by atoms with van der Waals surface area (Å²) in [6.45, 7) is 3.93. The van der Waals surface area contributed by atoms with Crippen LogP contribution in [0.5, 0.6) is 5.75 Å². The summed E-state index contributed by atoms with van der Waals surface area (Å²) in [6.07, 6.45) is 1.87. The van der Waals surface area contributed by atoms with Crippen molar-refractivity contribution in [2.24, 2.45) is 0 Å². The number of aromatic nitrogens is 1. The third-order valence-corrected chi connectivity index (χ3v) is 2.77. The van der Waals surface area contributed by atoms with Crippen LogP contribution in [0, 0.1) is 0 Å². The van der Waals surface area contributed by atoms with Crippen LogP contribution in [0.25, 0.3) is 0 Å². The summed E-state index contributed by atoms with van der Waals surface area (Å²) in [4.78, 5) is 17.8. The van der Waals surface area contributed by atoms with Gasteiger partial charge < -0.3 is 15.2 Å². The predicted molar refractivity (Wildman–Crippen MR) is 66.4 cm³/mol. The number of morpholine rings is 1. The molecule has 0 radical (unpaired) electrons. The zero-order chi connectivity index (χ0) is 12.8. The van der Waals surface area contributed by atoms with Gasteiger partial charge in [-0.15, -0.1) is 0 Å². The highest BCUT2D eigenvalue weighted by molar-refractivity contribution is 5.89. The molecule has 1 fully saturated rings. The summed E-state index contributed by atoms with van der Waals surface area (Å²) in [5.74, 6) is 0.370. The molecule has 98 valence electrons. The normalized spacial score (nSPS) is 16.4. The van der Waals surface area contributed by atoms with Crippen molar-refractivity contribution < 1.29 is 14.6 Å². The molecule has 18 heavy (non-hydrogen) atoms. The van der Waals surface area contributed by atoms with Crippen molar-refractivity contribution in [2.75, 3.05) is 38.2 Å². The first-order valence-corrected chi connectivity index (χ1v) is 5.99. The lowest BCUT2D eigenvalue weighted by atomic mass is 10.3. The molecule has 0 saturated carbocycles. The molecular formula is C12H17N3O3. The summed E-state index contributed by atoms with van der Waals surface area (Å²) in [6, 6.07) is 2.88. The van der Waals surface area contributed by atoms with Crippen molar-refractivity contribution >= 4 is 11.7 Å². The molecule has 2 heterocycles.